The number of aliphatic carboxylic acids is 1. The van der Waals surface area contributed by atoms with E-state index in [-0.39, 0.29) is 12.5 Å². The summed E-state index contributed by atoms with van der Waals surface area (Å²) in [6.45, 7) is 0.460. The Bertz CT molecular complexity index is 404. The van der Waals surface area contributed by atoms with Gasteiger partial charge in [0.1, 0.15) is 0 Å². The van der Waals surface area contributed by atoms with Gasteiger partial charge in [-0.25, -0.2) is 4.79 Å². The molecule has 2 atom stereocenters. The van der Waals surface area contributed by atoms with Crippen molar-refractivity contribution in [2.24, 2.45) is 0 Å². The number of carboxylic acid groups (broad SMARTS) is 1. The minimum atomic E-state index is -1.61. The molecule has 1 aliphatic rings. The molecule has 98 valence electrons. The molecule has 2 N–H and O–H groups in total. The largest absolute Gasteiger partial charge is 0.479 e. The van der Waals surface area contributed by atoms with Gasteiger partial charge in [0.05, 0.1) is 12.7 Å². The topological polar surface area (TPSA) is 66.8 Å². The Morgan fingerprint density at radius 3 is 2.78 bits per heavy atom. The average Bonchev–Trinajstić information content (AvgIpc) is 2.38. The fraction of sp³-hybridized carbons (Fsp3) is 0.500. The van der Waals surface area contributed by atoms with E-state index >= 15 is 0 Å². The lowest BCUT2D eigenvalue weighted by molar-refractivity contribution is -0.168. The minimum Gasteiger partial charge on any atom is -0.479 e. The van der Waals surface area contributed by atoms with Gasteiger partial charge >= 0.3 is 5.97 Å². The highest BCUT2D eigenvalue weighted by atomic mass is 16.5. The Morgan fingerprint density at radius 2 is 2.11 bits per heavy atom. The summed E-state index contributed by atoms with van der Waals surface area (Å²) < 4.78 is 5.69. The summed E-state index contributed by atoms with van der Waals surface area (Å²) >= 11 is 0. The molecule has 2 rings (SSSR count). The summed E-state index contributed by atoms with van der Waals surface area (Å²) in [6.07, 6.45) is 1.80. The molecular weight excluding hydrogens is 232 g/mol. The summed E-state index contributed by atoms with van der Waals surface area (Å²) in [6, 6.07) is 9.74. The molecule has 0 saturated heterocycles. The van der Waals surface area contributed by atoms with E-state index in [4.69, 9.17) is 9.84 Å². The smallest absolute Gasteiger partial charge is 0.335 e. The summed E-state index contributed by atoms with van der Waals surface area (Å²) in [5.74, 6) is -1.14. The molecule has 0 aromatic heterocycles. The Balaban J connectivity index is 1.89. The Labute approximate surface area is 106 Å². The second kappa shape index (κ2) is 5.50. The van der Waals surface area contributed by atoms with E-state index in [2.05, 4.69) is 0 Å². The molecule has 18 heavy (non-hydrogen) atoms. The van der Waals surface area contributed by atoms with E-state index in [1.54, 1.807) is 0 Å². The molecule has 4 heteroatoms. The van der Waals surface area contributed by atoms with Crippen LogP contribution in [0, 0.1) is 0 Å². The van der Waals surface area contributed by atoms with Crippen LogP contribution in [0.4, 0.5) is 0 Å². The second-order valence-corrected chi connectivity index (χ2v) is 4.85. The molecule has 4 nitrogen and oxygen atoms in total. The van der Waals surface area contributed by atoms with Crippen LogP contribution in [0.25, 0.3) is 0 Å². The molecule has 1 saturated carbocycles. The molecule has 0 amide bonds. The van der Waals surface area contributed by atoms with Gasteiger partial charge in [-0.1, -0.05) is 30.3 Å². The van der Waals surface area contributed by atoms with Crippen molar-refractivity contribution in [3.05, 3.63) is 35.9 Å². The second-order valence-electron chi connectivity index (χ2n) is 4.85. The van der Waals surface area contributed by atoms with Gasteiger partial charge in [0.15, 0.2) is 5.60 Å². The van der Waals surface area contributed by atoms with Gasteiger partial charge in [-0.15, -0.1) is 0 Å². The summed E-state index contributed by atoms with van der Waals surface area (Å²) in [5.41, 5.74) is -0.554. The molecule has 0 heterocycles. The van der Waals surface area contributed by atoms with Crippen LogP contribution in [-0.2, 0) is 16.1 Å². The quantitative estimate of drug-likeness (QED) is 0.857. The maximum Gasteiger partial charge on any atom is 0.335 e. The van der Waals surface area contributed by atoms with Gasteiger partial charge in [0, 0.05) is 6.42 Å². The van der Waals surface area contributed by atoms with Crippen molar-refractivity contribution in [3.8, 4) is 0 Å². The normalized spacial score (nSPS) is 27.9. The molecule has 1 aromatic rings. The van der Waals surface area contributed by atoms with Crippen molar-refractivity contribution in [1.29, 1.82) is 0 Å². The first-order valence-electron chi connectivity index (χ1n) is 6.21. The van der Waals surface area contributed by atoms with Crippen molar-refractivity contribution in [2.45, 2.75) is 44.0 Å². The number of hydrogen-bond acceptors (Lipinski definition) is 3. The number of rotatable bonds is 4. The van der Waals surface area contributed by atoms with Gasteiger partial charge in [0.2, 0.25) is 0 Å². The van der Waals surface area contributed by atoms with E-state index in [1.165, 1.54) is 0 Å². The fourth-order valence-corrected chi connectivity index (χ4v) is 2.33. The van der Waals surface area contributed by atoms with E-state index in [1.807, 2.05) is 30.3 Å². The molecule has 1 fully saturated rings. The monoisotopic (exact) mass is 250 g/mol. The third-order valence-electron chi connectivity index (χ3n) is 3.41. The van der Waals surface area contributed by atoms with E-state index < -0.39 is 11.6 Å². The Hall–Kier alpha value is -1.39. The first kappa shape index (κ1) is 13.1. The lowest BCUT2D eigenvalue weighted by Crippen LogP contribution is -2.45. The molecule has 1 aromatic carbocycles. The van der Waals surface area contributed by atoms with Crippen LogP contribution in [-0.4, -0.2) is 27.9 Å². The van der Waals surface area contributed by atoms with Gasteiger partial charge in [-0.05, 0) is 24.8 Å². The van der Waals surface area contributed by atoms with Crippen molar-refractivity contribution < 1.29 is 19.7 Å². The number of benzene rings is 1. The highest BCUT2D eigenvalue weighted by molar-refractivity contribution is 5.77. The van der Waals surface area contributed by atoms with Crippen LogP contribution >= 0.6 is 0 Å². The number of carbonyl (C=O) groups is 1. The van der Waals surface area contributed by atoms with Crippen LogP contribution in [0.5, 0.6) is 0 Å². The summed E-state index contributed by atoms with van der Waals surface area (Å²) in [4.78, 5) is 11.0. The minimum absolute atomic E-state index is 0.176. The summed E-state index contributed by atoms with van der Waals surface area (Å²) in [5, 5.41) is 18.9. The molecule has 1 aliphatic carbocycles. The highest BCUT2D eigenvalue weighted by Gasteiger charge is 2.41. The lowest BCUT2D eigenvalue weighted by Gasteiger charge is -2.33. The standard InChI is InChI=1S/C14H18O4/c15-13(16)14(17)8-4-7-12(9-14)18-10-11-5-2-1-3-6-11/h1-3,5-6,12,17H,4,7-10H2,(H,15,16). The molecular formula is C14H18O4. The molecule has 0 spiro atoms. The van der Waals surface area contributed by atoms with E-state index in [0.717, 1.165) is 12.0 Å². The third-order valence-corrected chi connectivity index (χ3v) is 3.41. The first-order valence-corrected chi connectivity index (χ1v) is 6.21. The van der Waals surface area contributed by atoms with Gasteiger partial charge in [0.25, 0.3) is 0 Å². The zero-order valence-electron chi connectivity index (χ0n) is 10.2. The van der Waals surface area contributed by atoms with Crippen molar-refractivity contribution in [1.82, 2.24) is 0 Å². The van der Waals surface area contributed by atoms with Gasteiger partial charge < -0.3 is 14.9 Å². The van der Waals surface area contributed by atoms with Crippen LogP contribution in [0.1, 0.15) is 31.2 Å². The fourth-order valence-electron chi connectivity index (χ4n) is 2.33. The van der Waals surface area contributed by atoms with Crippen LogP contribution in [0.3, 0.4) is 0 Å². The molecule has 0 radical (unpaired) electrons. The third kappa shape index (κ3) is 3.09. The maximum absolute atomic E-state index is 11.0. The molecule has 2 unspecified atom stereocenters. The average molecular weight is 250 g/mol. The zero-order chi connectivity index (χ0) is 13.0. The number of carboxylic acids is 1. The van der Waals surface area contributed by atoms with Crippen molar-refractivity contribution in [2.75, 3.05) is 0 Å². The van der Waals surface area contributed by atoms with Gasteiger partial charge in [-0.3, -0.25) is 0 Å². The highest BCUT2D eigenvalue weighted by Crippen LogP contribution is 2.30. The zero-order valence-corrected chi connectivity index (χ0v) is 10.2. The van der Waals surface area contributed by atoms with Gasteiger partial charge in [-0.2, -0.15) is 0 Å². The van der Waals surface area contributed by atoms with Crippen molar-refractivity contribution >= 4 is 5.97 Å². The van der Waals surface area contributed by atoms with E-state index in [9.17, 15) is 9.90 Å². The number of ether oxygens (including phenoxy) is 1. The predicted molar refractivity (Wildman–Crippen MR) is 66.1 cm³/mol. The summed E-state index contributed by atoms with van der Waals surface area (Å²) in [7, 11) is 0. The maximum atomic E-state index is 11.0. The number of hydrogen-bond donors (Lipinski definition) is 2. The lowest BCUT2D eigenvalue weighted by atomic mass is 9.83. The Kier molecular flexibility index (Phi) is 3.99. The number of aliphatic hydroxyl groups is 1. The SMILES string of the molecule is O=C(O)C1(O)CCCC(OCc2ccccc2)C1. The predicted octanol–water partition coefficient (Wildman–Crippen LogP) is 1.96. The Morgan fingerprint density at radius 1 is 1.39 bits per heavy atom. The first-order chi connectivity index (χ1) is 8.60. The molecule has 0 aliphatic heterocycles. The van der Waals surface area contributed by atoms with E-state index in [0.29, 0.717) is 19.4 Å². The van der Waals surface area contributed by atoms with Crippen LogP contribution < -0.4 is 0 Å². The van der Waals surface area contributed by atoms with Crippen LogP contribution in [0.2, 0.25) is 0 Å². The van der Waals surface area contributed by atoms with Crippen LogP contribution in [0.15, 0.2) is 30.3 Å². The molecule has 0 bridgehead atoms. The van der Waals surface area contributed by atoms with Crippen molar-refractivity contribution in [3.63, 3.8) is 0 Å².